The van der Waals surface area contributed by atoms with Crippen LogP contribution in [0.15, 0.2) is 42.0 Å². The molecule has 1 heteroatoms. The highest BCUT2D eigenvalue weighted by Gasteiger charge is 2.01. The van der Waals surface area contributed by atoms with Crippen molar-refractivity contribution in [3.63, 3.8) is 0 Å². The number of aliphatic imine (C=N–C) groups is 1. The van der Waals surface area contributed by atoms with Crippen LogP contribution in [-0.4, -0.2) is 12.3 Å². The highest BCUT2D eigenvalue weighted by molar-refractivity contribution is 6.10. The molecule has 0 amide bonds. The molecule has 0 radical (unpaired) electrons. The summed E-state index contributed by atoms with van der Waals surface area (Å²) in [6.45, 7) is 8.24. The molecule has 0 atom stereocenters. The van der Waals surface area contributed by atoms with Gasteiger partial charge in [0.05, 0.1) is 5.71 Å². The van der Waals surface area contributed by atoms with Gasteiger partial charge in [-0.25, -0.2) is 0 Å². The minimum atomic E-state index is 0.888. The Hall–Kier alpha value is -1.11. The van der Waals surface area contributed by atoms with Gasteiger partial charge in [-0.2, -0.15) is 0 Å². The molecule has 0 aromatic heterocycles. The lowest BCUT2D eigenvalue weighted by molar-refractivity contribution is 0.988. The fourth-order valence-electron chi connectivity index (χ4n) is 0.971. The molecular weight excluding hydrogens is 122 g/mol. The first-order chi connectivity index (χ1) is 4.88. The van der Waals surface area contributed by atoms with Crippen LogP contribution in [0.3, 0.4) is 0 Å². The molecule has 0 bridgehead atoms. The van der Waals surface area contributed by atoms with E-state index in [2.05, 4.69) is 24.2 Å². The van der Waals surface area contributed by atoms with Gasteiger partial charge < -0.3 is 0 Å². The lowest BCUT2D eigenvalue weighted by Gasteiger charge is -2.06. The summed E-state index contributed by atoms with van der Waals surface area (Å²) < 4.78 is 0. The minimum absolute atomic E-state index is 0.888. The van der Waals surface area contributed by atoms with Crippen LogP contribution in [-0.2, 0) is 0 Å². The van der Waals surface area contributed by atoms with Gasteiger partial charge in [0.2, 0.25) is 0 Å². The predicted molar refractivity (Wildman–Crippen MR) is 45.4 cm³/mol. The first-order valence-electron chi connectivity index (χ1n) is 3.38. The average Bonchev–Trinajstić information content (AvgIpc) is 2.04. The Bertz CT molecular complexity index is 185. The second-order valence-electron chi connectivity index (χ2n) is 2.12. The summed E-state index contributed by atoms with van der Waals surface area (Å²) in [4.78, 5) is 4.26. The summed E-state index contributed by atoms with van der Waals surface area (Å²) in [5.41, 5.74) is 2.09. The van der Waals surface area contributed by atoms with E-state index in [-0.39, 0.29) is 0 Å². The molecule has 0 N–H and O–H groups in total. The van der Waals surface area contributed by atoms with E-state index in [0.29, 0.717) is 0 Å². The first kappa shape index (κ1) is 7.00. The van der Waals surface area contributed by atoms with Crippen molar-refractivity contribution in [1.82, 2.24) is 0 Å². The van der Waals surface area contributed by atoms with Gasteiger partial charge >= 0.3 is 0 Å². The monoisotopic (exact) mass is 133 g/mol. The molecule has 1 heterocycles. The fourth-order valence-corrected chi connectivity index (χ4v) is 0.971. The molecule has 1 rings (SSSR count). The molecular formula is C9H11N. The van der Waals surface area contributed by atoms with Gasteiger partial charge in [-0.1, -0.05) is 25.3 Å². The summed E-state index contributed by atoms with van der Waals surface area (Å²) in [5, 5.41) is 0. The van der Waals surface area contributed by atoms with E-state index < -0.39 is 0 Å². The molecule has 0 saturated heterocycles. The maximum absolute atomic E-state index is 4.26. The second kappa shape index (κ2) is 3.16. The number of hydrogen-bond acceptors (Lipinski definition) is 1. The molecule has 0 aliphatic carbocycles. The molecule has 1 aliphatic heterocycles. The zero-order chi connectivity index (χ0) is 7.40. The summed E-state index contributed by atoms with van der Waals surface area (Å²) in [5.74, 6) is 0. The average molecular weight is 133 g/mol. The highest BCUT2D eigenvalue weighted by Crippen LogP contribution is 2.08. The second-order valence-corrected chi connectivity index (χ2v) is 2.12. The Kier molecular flexibility index (Phi) is 2.21. The molecule has 1 aliphatic rings. The maximum Gasteiger partial charge on any atom is 0.0637 e. The number of hydrogen-bond donors (Lipinski definition) is 0. The van der Waals surface area contributed by atoms with Crippen molar-refractivity contribution in [1.29, 1.82) is 0 Å². The summed E-state index contributed by atoms with van der Waals surface area (Å²) in [6.07, 6.45) is 6.75. The van der Waals surface area contributed by atoms with Crippen molar-refractivity contribution < 1.29 is 0 Å². The summed E-state index contributed by atoms with van der Waals surface area (Å²) >= 11 is 0. The van der Waals surface area contributed by atoms with Gasteiger partial charge in [-0.05, 0) is 18.1 Å². The lowest BCUT2D eigenvalue weighted by atomic mass is 10.1. The number of nitrogens with zero attached hydrogens (tertiary/aromatic N) is 1. The SMILES string of the molecule is C=CC1=CCCN=C1C=C. The van der Waals surface area contributed by atoms with Crippen molar-refractivity contribution in [3.05, 3.63) is 37.0 Å². The van der Waals surface area contributed by atoms with Crippen molar-refractivity contribution in [2.45, 2.75) is 6.42 Å². The van der Waals surface area contributed by atoms with Gasteiger partial charge in [0.15, 0.2) is 0 Å². The molecule has 0 spiro atoms. The topological polar surface area (TPSA) is 12.4 Å². The van der Waals surface area contributed by atoms with E-state index in [1.54, 1.807) is 6.08 Å². The number of dihydropyridines is 1. The molecule has 0 aromatic carbocycles. The summed E-state index contributed by atoms with van der Waals surface area (Å²) in [6, 6.07) is 0. The quantitative estimate of drug-likeness (QED) is 0.547. The Balaban J connectivity index is 2.86. The fraction of sp³-hybridized carbons (Fsp3) is 0.222. The molecule has 0 unspecified atom stereocenters. The standard InChI is InChI=1S/C9H11N/c1-3-8-6-5-7-10-9(8)4-2/h3-4,6H,1-2,5,7H2. The predicted octanol–water partition coefficient (Wildman–Crippen LogP) is 2.13. The lowest BCUT2D eigenvalue weighted by Crippen LogP contribution is -2.02. The third-order valence-corrected chi connectivity index (χ3v) is 1.48. The Morgan fingerprint density at radius 3 is 2.70 bits per heavy atom. The van der Waals surface area contributed by atoms with Gasteiger partial charge in [0, 0.05) is 6.54 Å². The number of rotatable bonds is 2. The van der Waals surface area contributed by atoms with Gasteiger partial charge in [0.1, 0.15) is 0 Å². The van der Waals surface area contributed by atoms with Crippen molar-refractivity contribution in [3.8, 4) is 0 Å². The third kappa shape index (κ3) is 1.24. The minimum Gasteiger partial charge on any atom is -0.284 e. The van der Waals surface area contributed by atoms with Gasteiger partial charge in [-0.3, -0.25) is 4.99 Å². The molecule has 1 nitrogen and oxygen atoms in total. The molecule has 0 aromatic rings. The van der Waals surface area contributed by atoms with Crippen molar-refractivity contribution >= 4 is 5.71 Å². The van der Waals surface area contributed by atoms with Crippen LogP contribution in [0.2, 0.25) is 0 Å². The van der Waals surface area contributed by atoms with E-state index in [0.717, 1.165) is 24.3 Å². The van der Waals surface area contributed by atoms with Crippen LogP contribution < -0.4 is 0 Å². The normalized spacial score (nSPS) is 17.2. The Morgan fingerprint density at radius 1 is 1.40 bits per heavy atom. The van der Waals surface area contributed by atoms with Crippen LogP contribution >= 0.6 is 0 Å². The van der Waals surface area contributed by atoms with Crippen LogP contribution in [0.25, 0.3) is 0 Å². The van der Waals surface area contributed by atoms with E-state index >= 15 is 0 Å². The largest absolute Gasteiger partial charge is 0.284 e. The molecule has 0 fully saturated rings. The zero-order valence-electron chi connectivity index (χ0n) is 6.01. The van der Waals surface area contributed by atoms with Gasteiger partial charge in [0.25, 0.3) is 0 Å². The van der Waals surface area contributed by atoms with Gasteiger partial charge in [-0.15, -0.1) is 0 Å². The van der Waals surface area contributed by atoms with Crippen LogP contribution in [0.5, 0.6) is 0 Å². The van der Waals surface area contributed by atoms with Crippen molar-refractivity contribution in [2.75, 3.05) is 6.54 Å². The van der Waals surface area contributed by atoms with E-state index in [1.165, 1.54) is 0 Å². The number of allylic oxidation sites excluding steroid dienone is 3. The highest BCUT2D eigenvalue weighted by atomic mass is 14.7. The van der Waals surface area contributed by atoms with Crippen LogP contribution in [0.1, 0.15) is 6.42 Å². The summed E-state index contributed by atoms with van der Waals surface area (Å²) in [7, 11) is 0. The van der Waals surface area contributed by atoms with E-state index in [1.807, 2.05) is 6.08 Å². The molecule has 10 heavy (non-hydrogen) atoms. The molecule has 52 valence electrons. The van der Waals surface area contributed by atoms with Crippen molar-refractivity contribution in [2.24, 2.45) is 4.99 Å². The Labute approximate surface area is 61.5 Å². The van der Waals surface area contributed by atoms with Crippen LogP contribution in [0.4, 0.5) is 0 Å². The maximum atomic E-state index is 4.26. The Morgan fingerprint density at radius 2 is 2.20 bits per heavy atom. The third-order valence-electron chi connectivity index (χ3n) is 1.48. The van der Waals surface area contributed by atoms with E-state index in [9.17, 15) is 0 Å². The molecule has 0 saturated carbocycles. The zero-order valence-corrected chi connectivity index (χ0v) is 6.01. The first-order valence-corrected chi connectivity index (χ1v) is 3.38. The smallest absolute Gasteiger partial charge is 0.0637 e. The van der Waals surface area contributed by atoms with E-state index in [4.69, 9.17) is 0 Å². The van der Waals surface area contributed by atoms with Crippen LogP contribution in [0, 0.1) is 0 Å².